The van der Waals surface area contributed by atoms with E-state index in [1.807, 2.05) is 30.3 Å². The highest BCUT2D eigenvalue weighted by atomic mass is 19.2. The molecule has 0 bridgehead atoms. The lowest BCUT2D eigenvalue weighted by Crippen LogP contribution is -2.24. The first-order valence-corrected chi connectivity index (χ1v) is 9.41. The second-order valence-electron chi connectivity index (χ2n) is 7.07. The number of carbonyl (C=O) groups excluding carboxylic acids is 1. The van der Waals surface area contributed by atoms with Gasteiger partial charge < -0.3 is 15.4 Å². The van der Waals surface area contributed by atoms with E-state index in [-0.39, 0.29) is 35.5 Å². The van der Waals surface area contributed by atoms with E-state index < -0.39 is 28.9 Å². The Labute approximate surface area is 175 Å². The monoisotopic (exact) mass is 424 g/mol. The summed E-state index contributed by atoms with van der Waals surface area (Å²) in [7, 11) is 1.45. The van der Waals surface area contributed by atoms with E-state index in [0.717, 1.165) is 17.7 Å². The molecule has 0 aliphatic heterocycles. The van der Waals surface area contributed by atoms with Crippen LogP contribution in [0.2, 0.25) is 0 Å². The van der Waals surface area contributed by atoms with Crippen molar-refractivity contribution in [3.63, 3.8) is 0 Å². The second kappa shape index (κ2) is 8.02. The van der Waals surface area contributed by atoms with Crippen molar-refractivity contribution in [3.05, 3.63) is 93.0 Å². The van der Waals surface area contributed by atoms with Crippen LogP contribution in [0.4, 0.5) is 8.78 Å². The van der Waals surface area contributed by atoms with E-state index >= 15 is 0 Å². The Kier molecular flexibility index (Phi) is 5.24. The fraction of sp³-hybridized carbons (Fsp3) is 0.136. The molecule has 4 rings (SSSR count). The van der Waals surface area contributed by atoms with Gasteiger partial charge in [-0.3, -0.25) is 14.2 Å². The number of rotatable bonds is 5. The van der Waals surface area contributed by atoms with Crippen molar-refractivity contribution in [1.82, 2.24) is 19.9 Å². The van der Waals surface area contributed by atoms with Crippen LogP contribution in [-0.4, -0.2) is 25.5 Å². The molecule has 1 amide bonds. The Morgan fingerprint density at radius 2 is 1.87 bits per heavy atom. The van der Waals surface area contributed by atoms with E-state index in [0.29, 0.717) is 5.56 Å². The minimum absolute atomic E-state index is 0.0269. The molecule has 0 fully saturated rings. The number of H-pyrrole nitrogens is 1. The molecule has 2 aromatic carbocycles. The molecular weight excluding hydrogens is 406 g/mol. The lowest BCUT2D eigenvalue weighted by atomic mass is 10.0. The summed E-state index contributed by atoms with van der Waals surface area (Å²) in [5.74, 6) is -3.02. The normalized spacial score (nSPS) is 11.1. The zero-order valence-electron chi connectivity index (χ0n) is 16.4. The predicted octanol–water partition coefficient (Wildman–Crippen LogP) is 2.77. The number of carbonyl (C=O) groups is 1. The zero-order valence-corrected chi connectivity index (χ0v) is 16.4. The molecule has 0 aliphatic carbocycles. The molecule has 0 spiro atoms. The maximum atomic E-state index is 13.5. The van der Waals surface area contributed by atoms with Crippen LogP contribution in [0.3, 0.4) is 0 Å². The maximum Gasteiger partial charge on any atom is 0.287 e. The van der Waals surface area contributed by atoms with Gasteiger partial charge in [-0.15, -0.1) is 0 Å². The van der Waals surface area contributed by atoms with Gasteiger partial charge in [0.2, 0.25) is 0 Å². The smallest absolute Gasteiger partial charge is 0.287 e. The molecule has 31 heavy (non-hydrogen) atoms. The number of nitrogens with zero attached hydrogens (tertiary/aromatic N) is 2. The molecule has 0 aliphatic rings. The number of nitrogens with one attached hydrogen (secondary N) is 2. The number of aromatic amines is 1. The van der Waals surface area contributed by atoms with E-state index in [2.05, 4.69) is 15.3 Å². The third kappa shape index (κ3) is 3.89. The molecule has 0 unspecified atom stereocenters. The van der Waals surface area contributed by atoms with Gasteiger partial charge in [-0.2, -0.15) is 0 Å². The van der Waals surface area contributed by atoms with Crippen molar-refractivity contribution >= 4 is 17.1 Å². The van der Waals surface area contributed by atoms with Crippen molar-refractivity contribution in [2.45, 2.75) is 13.0 Å². The van der Waals surface area contributed by atoms with Gasteiger partial charge >= 0.3 is 0 Å². The molecule has 7 nitrogen and oxygen atoms in total. The van der Waals surface area contributed by atoms with Crippen LogP contribution in [0, 0.1) is 11.6 Å². The summed E-state index contributed by atoms with van der Waals surface area (Å²) >= 11 is 0. The third-order valence-corrected chi connectivity index (χ3v) is 4.96. The molecule has 0 saturated carbocycles. The van der Waals surface area contributed by atoms with Crippen LogP contribution in [0.25, 0.3) is 11.2 Å². The van der Waals surface area contributed by atoms with E-state index in [1.165, 1.54) is 17.7 Å². The number of hydrogen-bond donors (Lipinski definition) is 3. The lowest BCUT2D eigenvalue weighted by Gasteiger charge is -2.08. The Bertz CT molecular complexity index is 1350. The molecule has 158 valence electrons. The summed E-state index contributed by atoms with van der Waals surface area (Å²) in [6.45, 7) is 0.281. The van der Waals surface area contributed by atoms with Gasteiger partial charge in [0.05, 0.1) is 5.56 Å². The number of benzene rings is 2. The predicted molar refractivity (Wildman–Crippen MR) is 110 cm³/mol. The minimum Gasteiger partial charge on any atom is -0.505 e. The van der Waals surface area contributed by atoms with Crippen LogP contribution in [-0.2, 0) is 20.0 Å². The molecule has 9 heteroatoms. The van der Waals surface area contributed by atoms with Crippen LogP contribution in [0.15, 0.2) is 53.3 Å². The average Bonchev–Trinajstić information content (AvgIpc) is 3.23. The largest absolute Gasteiger partial charge is 0.505 e. The summed E-state index contributed by atoms with van der Waals surface area (Å²) in [5.41, 5.74) is 0.825. The first-order chi connectivity index (χ1) is 14.8. The number of halogens is 2. The highest BCUT2D eigenvalue weighted by Crippen LogP contribution is 2.26. The molecule has 0 atom stereocenters. The lowest BCUT2D eigenvalue weighted by molar-refractivity contribution is 0.0941. The molecule has 3 N–H and O–H groups in total. The van der Waals surface area contributed by atoms with Crippen molar-refractivity contribution in [2.75, 3.05) is 0 Å². The molecule has 4 aromatic rings. The van der Waals surface area contributed by atoms with Gasteiger partial charge in [-0.05, 0) is 23.3 Å². The van der Waals surface area contributed by atoms with Gasteiger partial charge in [0.1, 0.15) is 5.52 Å². The Morgan fingerprint density at radius 1 is 1.13 bits per heavy atom. The van der Waals surface area contributed by atoms with Crippen molar-refractivity contribution < 1.29 is 18.7 Å². The molecular formula is C22H18F2N4O3. The van der Waals surface area contributed by atoms with Gasteiger partial charge in [0.25, 0.3) is 11.5 Å². The number of aromatic hydroxyl groups is 1. The maximum absolute atomic E-state index is 13.5. The summed E-state index contributed by atoms with van der Waals surface area (Å²) < 4.78 is 27.9. The molecule has 2 aromatic heterocycles. The topological polar surface area (TPSA) is 100 Å². The SMILES string of the molecule is Cn1c(=O)c(Cc2ccc(F)c(F)c2)c(O)c2[nH]c(C(=O)NCc3ccccc3)nc21. The van der Waals surface area contributed by atoms with Crippen molar-refractivity contribution in [2.24, 2.45) is 7.05 Å². The number of imidazole rings is 1. The van der Waals surface area contributed by atoms with Gasteiger partial charge in [0.15, 0.2) is 28.9 Å². The zero-order chi connectivity index (χ0) is 22.1. The minimum atomic E-state index is -1.05. The molecule has 0 radical (unpaired) electrons. The Hall–Kier alpha value is -4.01. The highest BCUT2D eigenvalue weighted by Gasteiger charge is 2.21. The summed E-state index contributed by atoms with van der Waals surface area (Å²) in [5, 5.41) is 13.4. The number of aromatic nitrogens is 3. The fourth-order valence-corrected chi connectivity index (χ4v) is 3.31. The van der Waals surface area contributed by atoms with Crippen LogP contribution in [0.5, 0.6) is 5.75 Å². The molecule has 0 saturated heterocycles. The molecule has 2 heterocycles. The van der Waals surface area contributed by atoms with Crippen molar-refractivity contribution in [3.8, 4) is 5.75 Å². The van der Waals surface area contributed by atoms with Crippen molar-refractivity contribution in [1.29, 1.82) is 0 Å². The quantitative estimate of drug-likeness (QED) is 0.459. The standard InChI is InChI=1S/C22H18F2N4O3/c1-28-20-17(26-19(27-20)21(30)25-11-12-5-3-2-4-6-12)18(29)14(22(28)31)9-13-7-8-15(23)16(24)10-13/h2-8,10,29H,9,11H2,1H3,(H,25,30)(H,26,27). The second-order valence-corrected chi connectivity index (χ2v) is 7.07. The average molecular weight is 424 g/mol. The van der Waals surface area contributed by atoms with Crippen LogP contribution in [0.1, 0.15) is 27.3 Å². The van der Waals surface area contributed by atoms with Gasteiger partial charge in [0, 0.05) is 20.0 Å². The number of aryl methyl sites for hydroxylation is 1. The van der Waals surface area contributed by atoms with Gasteiger partial charge in [-0.25, -0.2) is 13.8 Å². The number of hydrogen-bond acceptors (Lipinski definition) is 4. The first kappa shape index (κ1) is 20.3. The summed E-state index contributed by atoms with van der Waals surface area (Å²) in [6, 6.07) is 12.5. The number of fused-ring (bicyclic) bond motifs is 1. The van der Waals surface area contributed by atoms with Crippen LogP contribution >= 0.6 is 0 Å². The van der Waals surface area contributed by atoms with E-state index in [1.54, 1.807) is 0 Å². The summed E-state index contributed by atoms with van der Waals surface area (Å²) in [4.78, 5) is 32.1. The van der Waals surface area contributed by atoms with E-state index in [9.17, 15) is 23.5 Å². The van der Waals surface area contributed by atoms with Gasteiger partial charge in [-0.1, -0.05) is 36.4 Å². The Morgan fingerprint density at radius 3 is 2.58 bits per heavy atom. The fourth-order valence-electron chi connectivity index (χ4n) is 3.31. The highest BCUT2D eigenvalue weighted by molar-refractivity contribution is 5.94. The number of pyridine rings is 1. The number of amides is 1. The van der Waals surface area contributed by atoms with Crippen LogP contribution < -0.4 is 10.9 Å². The van der Waals surface area contributed by atoms with E-state index in [4.69, 9.17) is 0 Å². The first-order valence-electron chi connectivity index (χ1n) is 9.41. The Balaban J connectivity index is 1.66. The third-order valence-electron chi connectivity index (χ3n) is 4.96. The summed E-state index contributed by atoms with van der Waals surface area (Å²) in [6.07, 6.45) is -0.125.